The number of likely N-dealkylation sites (tertiary alicyclic amines) is 1. The number of carbonyl (C=O) groups is 3. The largest absolute Gasteiger partial charge is 0.465 e. The number of amides is 2. The SMILES string of the molecule is C=CCCOC(=O)[C@@H]1[C@H]2C(=O)N([C@@H](CO)C(C)C)C(C(=O)N(CC=C)Cc3ccccc3)C23CC[C@@]1(CC)O3. The summed E-state index contributed by atoms with van der Waals surface area (Å²) >= 11 is 0. The zero-order chi connectivity index (χ0) is 28.4. The average molecular weight is 539 g/mol. The summed E-state index contributed by atoms with van der Waals surface area (Å²) in [6.45, 7) is 13.8. The first-order valence-corrected chi connectivity index (χ1v) is 14.1. The molecule has 3 fully saturated rings. The van der Waals surface area contributed by atoms with Gasteiger partial charge < -0.3 is 24.4 Å². The molecule has 8 nitrogen and oxygen atoms in total. The normalized spacial score (nSPS) is 29.8. The molecule has 8 heteroatoms. The van der Waals surface area contributed by atoms with Crippen LogP contribution < -0.4 is 0 Å². The van der Waals surface area contributed by atoms with Crippen LogP contribution >= 0.6 is 0 Å². The van der Waals surface area contributed by atoms with Gasteiger partial charge in [-0.2, -0.15) is 0 Å². The van der Waals surface area contributed by atoms with Crippen molar-refractivity contribution in [1.29, 1.82) is 0 Å². The Hall–Kier alpha value is -2.97. The van der Waals surface area contributed by atoms with Crippen LogP contribution in [0.25, 0.3) is 0 Å². The maximum Gasteiger partial charge on any atom is 0.312 e. The fourth-order valence-corrected chi connectivity index (χ4v) is 6.97. The van der Waals surface area contributed by atoms with E-state index in [-0.39, 0.29) is 37.5 Å². The lowest BCUT2D eigenvalue weighted by molar-refractivity contribution is -0.164. The first-order chi connectivity index (χ1) is 18.7. The minimum atomic E-state index is -1.18. The highest BCUT2D eigenvalue weighted by molar-refractivity contribution is 5.98. The Balaban J connectivity index is 1.80. The van der Waals surface area contributed by atoms with E-state index < -0.39 is 41.1 Å². The highest BCUT2D eigenvalue weighted by Gasteiger charge is 2.79. The van der Waals surface area contributed by atoms with Crippen LogP contribution in [-0.4, -0.2) is 75.7 Å². The Morgan fingerprint density at radius 1 is 1.23 bits per heavy atom. The number of nitrogens with zero attached hydrogens (tertiary/aromatic N) is 2. The average Bonchev–Trinajstić information content (AvgIpc) is 3.53. The second-order valence-electron chi connectivity index (χ2n) is 11.3. The van der Waals surface area contributed by atoms with E-state index in [0.717, 1.165) is 5.56 Å². The van der Waals surface area contributed by atoms with Crippen LogP contribution in [0.2, 0.25) is 0 Å². The molecule has 1 spiro atoms. The molecule has 0 aliphatic carbocycles. The molecule has 2 amide bonds. The van der Waals surface area contributed by atoms with Crippen molar-refractivity contribution < 1.29 is 29.0 Å². The number of benzene rings is 1. The summed E-state index contributed by atoms with van der Waals surface area (Å²) in [6, 6.07) is 8.08. The quantitative estimate of drug-likeness (QED) is 0.235. The van der Waals surface area contributed by atoms with Gasteiger partial charge in [0.2, 0.25) is 11.8 Å². The summed E-state index contributed by atoms with van der Waals surface area (Å²) in [5, 5.41) is 10.4. The Kier molecular flexibility index (Phi) is 8.66. The van der Waals surface area contributed by atoms with Gasteiger partial charge in [0.1, 0.15) is 17.6 Å². The molecular formula is C31H42N2O6. The van der Waals surface area contributed by atoms with Crippen molar-refractivity contribution in [3.8, 4) is 0 Å². The minimum absolute atomic E-state index is 0.123. The molecule has 3 heterocycles. The van der Waals surface area contributed by atoms with Crippen molar-refractivity contribution >= 4 is 17.8 Å². The third-order valence-electron chi connectivity index (χ3n) is 8.86. The molecule has 0 saturated carbocycles. The van der Waals surface area contributed by atoms with Crippen LogP contribution in [0.5, 0.6) is 0 Å². The molecule has 39 heavy (non-hydrogen) atoms. The van der Waals surface area contributed by atoms with E-state index >= 15 is 0 Å². The van der Waals surface area contributed by atoms with Crippen molar-refractivity contribution in [2.75, 3.05) is 19.8 Å². The zero-order valence-electron chi connectivity index (χ0n) is 23.4. The summed E-state index contributed by atoms with van der Waals surface area (Å²) in [5.41, 5.74) is -1.10. The van der Waals surface area contributed by atoms with Gasteiger partial charge in [0.05, 0.1) is 30.8 Å². The van der Waals surface area contributed by atoms with Crippen molar-refractivity contribution in [2.24, 2.45) is 17.8 Å². The number of hydrogen-bond donors (Lipinski definition) is 1. The molecule has 4 rings (SSSR count). The summed E-state index contributed by atoms with van der Waals surface area (Å²) in [5.74, 6) is -2.85. The molecule has 2 unspecified atom stereocenters. The van der Waals surface area contributed by atoms with E-state index in [4.69, 9.17) is 9.47 Å². The molecular weight excluding hydrogens is 496 g/mol. The summed E-state index contributed by atoms with van der Waals surface area (Å²) in [6.07, 6.45) is 5.40. The van der Waals surface area contributed by atoms with E-state index in [1.165, 1.54) is 4.90 Å². The number of rotatable bonds is 13. The minimum Gasteiger partial charge on any atom is -0.465 e. The molecule has 1 aromatic carbocycles. The van der Waals surface area contributed by atoms with Crippen molar-refractivity contribution in [3.05, 3.63) is 61.2 Å². The Labute approximate surface area is 231 Å². The van der Waals surface area contributed by atoms with Gasteiger partial charge in [0.25, 0.3) is 0 Å². The monoisotopic (exact) mass is 538 g/mol. The molecule has 2 bridgehead atoms. The van der Waals surface area contributed by atoms with E-state index in [0.29, 0.717) is 32.2 Å². The molecule has 3 saturated heterocycles. The van der Waals surface area contributed by atoms with E-state index in [1.54, 1.807) is 17.1 Å². The third-order valence-corrected chi connectivity index (χ3v) is 8.86. The predicted molar refractivity (Wildman–Crippen MR) is 147 cm³/mol. The number of aliphatic hydroxyl groups is 1. The maximum atomic E-state index is 14.5. The van der Waals surface area contributed by atoms with Gasteiger partial charge in [-0.15, -0.1) is 13.2 Å². The van der Waals surface area contributed by atoms with E-state index in [2.05, 4.69) is 13.2 Å². The summed E-state index contributed by atoms with van der Waals surface area (Å²) < 4.78 is 12.4. The Morgan fingerprint density at radius 3 is 2.54 bits per heavy atom. The van der Waals surface area contributed by atoms with Gasteiger partial charge in [0.15, 0.2) is 0 Å². The summed E-state index contributed by atoms with van der Waals surface area (Å²) in [4.78, 5) is 45.6. The number of hydrogen-bond acceptors (Lipinski definition) is 6. The predicted octanol–water partition coefficient (Wildman–Crippen LogP) is 3.49. The van der Waals surface area contributed by atoms with Crippen LogP contribution in [0.15, 0.2) is 55.6 Å². The Bertz CT molecular complexity index is 1090. The molecule has 3 aliphatic rings. The molecule has 6 atom stereocenters. The van der Waals surface area contributed by atoms with Gasteiger partial charge in [-0.3, -0.25) is 14.4 Å². The van der Waals surface area contributed by atoms with Crippen LogP contribution in [0.4, 0.5) is 0 Å². The van der Waals surface area contributed by atoms with Crippen LogP contribution in [0.3, 0.4) is 0 Å². The second-order valence-corrected chi connectivity index (χ2v) is 11.3. The van der Waals surface area contributed by atoms with Crippen LogP contribution in [-0.2, 0) is 30.4 Å². The second kappa shape index (κ2) is 11.6. The standard InChI is InChI=1S/C31H42N2O6/c1-6-9-18-38-29(37)25-24-27(35)33(23(20-34)21(4)5)26(31(24)16-15-30(25,8-3)39-31)28(36)32(17-7-2)19-22-13-11-10-12-14-22/h6-7,10-14,21,23-26,34H,1-2,8-9,15-20H2,3-5H3/t23-,24-,25-,26?,30+,31?/m0/s1. The number of esters is 1. The number of ether oxygens (including phenoxy) is 2. The highest BCUT2D eigenvalue weighted by Crippen LogP contribution is 2.65. The number of fused-ring (bicyclic) bond motifs is 1. The van der Waals surface area contributed by atoms with Gasteiger partial charge in [-0.25, -0.2) is 0 Å². The lowest BCUT2D eigenvalue weighted by Gasteiger charge is -2.40. The molecule has 0 radical (unpaired) electrons. The van der Waals surface area contributed by atoms with Gasteiger partial charge in [-0.1, -0.05) is 63.3 Å². The van der Waals surface area contributed by atoms with E-state index in [1.807, 2.05) is 51.1 Å². The topological polar surface area (TPSA) is 96.4 Å². The van der Waals surface area contributed by atoms with Crippen LogP contribution in [0.1, 0.15) is 52.0 Å². The van der Waals surface area contributed by atoms with Crippen molar-refractivity contribution in [1.82, 2.24) is 9.80 Å². The molecule has 212 valence electrons. The fourth-order valence-electron chi connectivity index (χ4n) is 6.97. The van der Waals surface area contributed by atoms with E-state index in [9.17, 15) is 19.5 Å². The lowest BCUT2D eigenvalue weighted by atomic mass is 9.65. The number of carbonyl (C=O) groups excluding carboxylic acids is 3. The lowest BCUT2D eigenvalue weighted by Crippen LogP contribution is -2.59. The zero-order valence-corrected chi connectivity index (χ0v) is 23.4. The van der Waals surface area contributed by atoms with Crippen LogP contribution in [0, 0.1) is 17.8 Å². The van der Waals surface area contributed by atoms with Gasteiger partial charge in [0, 0.05) is 13.1 Å². The van der Waals surface area contributed by atoms with Gasteiger partial charge >= 0.3 is 5.97 Å². The smallest absolute Gasteiger partial charge is 0.312 e. The van der Waals surface area contributed by atoms with Crippen molar-refractivity contribution in [2.45, 2.75) is 76.3 Å². The molecule has 1 N–H and O–H groups in total. The third kappa shape index (κ3) is 4.82. The molecule has 1 aromatic rings. The molecule has 3 aliphatic heterocycles. The Morgan fingerprint density at radius 2 is 1.95 bits per heavy atom. The number of aliphatic hydroxyl groups excluding tert-OH is 1. The highest BCUT2D eigenvalue weighted by atomic mass is 16.6. The maximum absolute atomic E-state index is 14.5. The first-order valence-electron chi connectivity index (χ1n) is 14.1. The fraction of sp³-hybridized carbons (Fsp3) is 0.581. The first kappa shape index (κ1) is 29.0. The molecule has 0 aromatic heterocycles. The van der Waals surface area contributed by atoms with Gasteiger partial charge in [-0.05, 0) is 37.2 Å². The van der Waals surface area contributed by atoms with Crippen molar-refractivity contribution in [3.63, 3.8) is 0 Å². The summed E-state index contributed by atoms with van der Waals surface area (Å²) in [7, 11) is 0.